The standard InChI is InChI=1S/C16H25NO/c1-13(2)17-12-15(11-16-9-6-10-18-16)14-7-4-3-5-8-14/h3-5,7-8,13,15-17H,6,9-12H2,1-2H3. The van der Waals surface area contributed by atoms with Gasteiger partial charge < -0.3 is 10.1 Å². The highest BCUT2D eigenvalue weighted by Crippen LogP contribution is 2.26. The van der Waals surface area contributed by atoms with E-state index in [0.717, 1.165) is 19.6 Å². The third-order valence-electron chi connectivity index (χ3n) is 3.61. The van der Waals surface area contributed by atoms with Gasteiger partial charge in [-0.15, -0.1) is 0 Å². The molecule has 0 aliphatic carbocycles. The Bertz CT molecular complexity index is 330. The van der Waals surface area contributed by atoms with Crippen LogP contribution in [0.15, 0.2) is 30.3 Å². The number of ether oxygens (including phenoxy) is 1. The Balaban J connectivity index is 1.97. The molecular formula is C16H25NO. The van der Waals surface area contributed by atoms with Crippen LogP contribution in [0.1, 0.15) is 44.6 Å². The maximum Gasteiger partial charge on any atom is 0.0582 e. The average molecular weight is 247 g/mol. The fourth-order valence-corrected chi connectivity index (χ4v) is 2.59. The summed E-state index contributed by atoms with van der Waals surface area (Å²) in [6, 6.07) is 11.4. The molecule has 2 rings (SSSR count). The first kappa shape index (κ1) is 13.6. The van der Waals surface area contributed by atoms with E-state index < -0.39 is 0 Å². The lowest BCUT2D eigenvalue weighted by molar-refractivity contribution is 0.0975. The topological polar surface area (TPSA) is 21.3 Å². The van der Waals surface area contributed by atoms with Crippen molar-refractivity contribution in [2.45, 2.75) is 51.2 Å². The van der Waals surface area contributed by atoms with Crippen LogP contribution in [0.2, 0.25) is 0 Å². The molecule has 1 N–H and O–H groups in total. The molecule has 18 heavy (non-hydrogen) atoms. The van der Waals surface area contributed by atoms with Gasteiger partial charge in [-0.3, -0.25) is 0 Å². The number of nitrogens with one attached hydrogen (secondary N) is 1. The summed E-state index contributed by atoms with van der Waals surface area (Å²) in [6.45, 7) is 6.40. The lowest BCUT2D eigenvalue weighted by atomic mass is 9.92. The zero-order valence-electron chi connectivity index (χ0n) is 11.6. The van der Waals surface area contributed by atoms with E-state index in [4.69, 9.17) is 4.74 Å². The first-order valence-corrected chi connectivity index (χ1v) is 7.15. The Morgan fingerprint density at radius 2 is 2.06 bits per heavy atom. The molecule has 100 valence electrons. The summed E-state index contributed by atoms with van der Waals surface area (Å²) in [5.41, 5.74) is 1.43. The van der Waals surface area contributed by atoms with Crippen LogP contribution in [0.5, 0.6) is 0 Å². The first-order chi connectivity index (χ1) is 8.75. The normalized spacial score (nSPS) is 21.4. The molecule has 1 heterocycles. The predicted octanol–water partition coefficient (Wildman–Crippen LogP) is 3.34. The minimum Gasteiger partial charge on any atom is -0.378 e. The Labute approximate surface area is 111 Å². The predicted molar refractivity (Wildman–Crippen MR) is 75.9 cm³/mol. The molecular weight excluding hydrogens is 222 g/mol. The van der Waals surface area contributed by atoms with Crippen molar-refractivity contribution >= 4 is 0 Å². The lowest BCUT2D eigenvalue weighted by Gasteiger charge is -2.22. The number of rotatable bonds is 6. The van der Waals surface area contributed by atoms with Crippen molar-refractivity contribution in [1.29, 1.82) is 0 Å². The smallest absolute Gasteiger partial charge is 0.0582 e. The summed E-state index contributed by atoms with van der Waals surface area (Å²) in [4.78, 5) is 0. The van der Waals surface area contributed by atoms with E-state index in [2.05, 4.69) is 49.5 Å². The SMILES string of the molecule is CC(C)NCC(CC1CCCO1)c1ccccc1. The van der Waals surface area contributed by atoms with Crippen LogP contribution in [0, 0.1) is 0 Å². The summed E-state index contributed by atoms with van der Waals surface area (Å²) in [5.74, 6) is 0.566. The van der Waals surface area contributed by atoms with Crippen LogP contribution in [0.25, 0.3) is 0 Å². The van der Waals surface area contributed by atoms with Gasteiger partial charge in [-0.25, -0.2) is 0 Å². The zero-order chi connectivity index (χ0) is 12.8. The highest BCUT2D eigenvalue weighted by molar-refractivity contribution is 5.20. The highest BCUT2D eigenvalue weighted by atomic mass is 16.5. The molecule has 2 nitrogen and oxygen atoms in total. The van der Waals surface area contributed by atoms with Gasteiger partial charge in [0.25, 0.3) is 0 Å². The van der Waals surface area contributed by atoms with Gasteiger partial charge in [0.05, 0.1) is 6.10 Å². The van der Waals surface area contributed by atoms with Crippen molar-refractivity contribution in [3.63, 3.8) is 0 Å². The molecule has 0 saturated carbocycles. The van der Waals surface area contributed by atoms with Gasteiger partial charge in [0, 0.05) is 19.2 Å². The maximum atomic E-state index is 5.78. The quantitative estimate of drug-likeness (QED) is 0.832. The molecule has 2 atom stereocenters. The van der Waals surface area contributed by atoms with Crippen molar-refractivity contribution in [2.24, 2.45) is 0 Å². The molecule has 1 aromatic rings. The molecule has 1 fully saturated rings. The second kappa shape index (κ2) is 6.91. The second-order valence-corrected chi connectivity index (χ2v) is 5.54. The average Bonchev–Trinajstić information content (AvgIpc) is 2.88. The van der Waals surface area contributed by atoms with Crippen molar-refractivity contribution in [3.8, 4) is 0 Å². The molecule has 1 aliphatic rings. The summed E-state index contributed by atoms with van der Waals surface area (Å²) >= 11 is 0. The van der Waals surface area contributed by atoms with Gasteiger partial charge in [-0.1, -0.05) is 44.2 Å². The Hall–Kier alpha value is -0.860. The highest BCUT2D eigenvalue weighted by Gasteiger charge is 2.21. The Morgan fingerprint density at radius 3 is 2.67 bits per heavy atom. The van der Waals surface area contributed by atoms with Gasteiger partial charge in [-0.2, -0.15) is 0 Å². The number of benzene rings is 1. The third kappa shape index (κ3) is 4.11. The van der Waals surface area contributed by atoms with Gasteiger partial charge >= 0.3 is 0 Å². The Morgan fingerprint density at radius 1 is 1.28 bits per heavy atom. The van der Waals surface area contributed by atoms with E-state index in [1.165, 1.54) is 18.4 Å². The van der Waals surface area contributed by atoms with Gasteiger partial charge in [0.15, 0.2) is 0 Å². The van der Waals surface area contributed by atoms with E-state index in [0.29, 0.717) is 18.1 Å². The summed E-state index contributed by atoms with van der Waals surface area (Å²) in [6.07, 6.45) is 4.06. The zero-order valence-corrected chi connectivity index (χ0v) is 11.6. The summed E-state index contributed by atoms with van der Waals surface area (Å²) in [7, 11) is 0. The van der Waals surface area contributed by atoms with E-state index in [1.54, 1.807) is 0 Å². The van der Waals surface area contributed by atoms with E-state index in [9.17, 15) is 0 Å². The molecule has 1 aliphatic heterocycles. The number of hydrogen-bond donors (Lipinski definition) is 1. The van der Waals surface area contributed by atoms with Gasteiger partial charge in [-0.05, 0) is 30.7 Å². The molecule has 1 saturated heterocycles. The van der Waals surface area contributed by atoms with E-state index in [-0.39, 0.29) is 0 Å². The minimum atomic E-state index is 0.462. The molecule has 0 bridgehead atoms. The van der Waals surface area contributed by atoms with Crippen LogP contribution in [-0.4, -0.2) is 25.3 Å². The van der Waals surface area contributed by atoms with E-state index in [1.807, 2.05) is 0 Å². The van der Waals surface area contributed by atoms with Crippen molar-refractivity contribution in [3.05, 3.63) is 35.9 Å². The molecule has 0 spiro atoms. The van der Waals surface area contributed by atoms with Gasteiger partial charge in [0.1, 0.15) is 0 Å². The van der Waals surface area contributed by atoms with Crippen LogP contribution in [0.3, 0.4) is 0 Å². The molecule has 2 unspecified atom stereocenters. The fourth-order valence-electron chi connectivity index (χ4n) is 2.59. The summed E-state index contributed by atoms with van der Waals surface area (Å²) < 4.78 is 5.78. The number of hydrogen-bond acceptors (Lipinski definition) is 2. The van der Waals surface area contributed by atoms with Crippen molar-refractivity contribution in [1.82, 2.24) is 5.32 Å². The van der Waals surface area contributed by atoms with Crippen LogP contribution < -0.4 is 5.32 Å². The minimum absolute atomic E-state index is 0.462. The third-order valence-corrected chi connectivity index (χ3v) is 3.61. The van der Waals surface area contributed by atoms with Crippen molar-refractivity contribution in [2.75, 3.05) is 13.2 Å². The second-order valence-electron chi connectivity index (χ2n) is 5.54. The first-order valence-electron chi connectivity index (χ1n) is 7.15. The van der Waals surface area contributed by atoms with Crippen LogP contribution >= 0.6 is 0 Å². The molecule has 0 amide bonds. The van der Waals surface area contributed by atoms with Crippen molar-refractivity contribution < 1.29 is 4.74 Å². The van der Waals surface area contributed by atoms with Crippen LogP contribution in [0.4, 0.5) is 0 Å². The fraction of sp³-hybridized carbons (Fsp3) is 0.625. The molecule has 1 aromatic carbocycles. The molecule has 0 aromatic heterocycles. The maximum absolute atomic E-state index is 5.78. The largest absolute Gasteiger partial charge is 0.378 e. The van der Waals surface area contributed by atoms with Gasteiger partial charge in [0.2, 0.25) is 0 Å². The van der Waals surface area contributed by atoms with Crippen LogP contribution in [-0.2, 0) is 4.74 Å². The lowest BCUT2D eigenvalue weighted by Crippen LogP contribution is -2.29. The molecule has 0 radical (unpaired) electrons. The summed E-state index contributed by atoms with van der Waals surface area (Å²) in [5, 5.41) is 3.56. The van der Waals surface area contributed by atoms with E-state index >= 15 is 0 Å². The monoisotopic (exact) mass is 247 g/mol. The Kier molecular flexibility index (Phi) is 5.21. The molecule has 2 heteroatoms.